The molecule has 1 aliphatic rings. The lowest BCUT2D eigenvalue weighted by Crippen LogP contribution is -2.42. The minimum atomic E-state index is -0.965. The molecule has 1 heterocycles. The summed E-state index contributed by atoms with van der Waals surface area (Å²) >= 11 is 0. The molecule has 144 valence electrons. The van der Waals surface area contributed by atoms with Gasteiger partial charge in [-0.15, -0.1) is 0 Å². The first-order valence-electron chi connectivity index (χ1n) is 8.82. The molecule has 4 nitrogen and oxygen atoms in total. The number of piperidine rings is 1. The smallest absolute Gasteiger partial charge is 0.261 e. The van der Waals surface area contributed by atoms with Crippen LogP contribution in [-0.2, 0) is 0 Å². The molecule has 27 heavy (non-hydrogen) atoms. The minimum Gasteiger partial charge on any atom is -0.371 e. The summed E-state index contributed by atoms with van der Waals surface area (Å²) in [7, 11) is 3.95. The highest BCUT2D eigenvalue weighted by atomic mass is 19.1. The number of hydrogen-bond donors (Lipinski definition) is 1. The molecule has 1 amide bonds. The molecule has 1 N–H and O–H groups in total. The van der Waals surface area contributed by atoms with Gasteiger partial charge in [0.2, 0.25) is 0 Å². The van der Waals surface area contributed by atoms with E-state index in [-0.39, 0.29) is 11.7 Å². The van der Waals surface area contributed by atoms with Crippen molar-refractivity contribution >= 4 is 17.3 Å². The van der Waals surface area contributed by atoms with Crippen LogP contribution in [0.5, 0.6) is 0 Å². The molecule has 0 aliphatic carbocycles. The van der Waals surface area contributed by atoms with Crippen molar-refractivity contribution in [1.82, 2.24) is 4.90 Å². The number of nitrogens with one attached hydrogen (secondary N) is 1. The van der Waals surface area contributed by atoms with Gasteiger partial charge in [0.1, 0.15) is 23.0 Å². The Kier molecular flexibility index (Phi) is 5.70. The van der Waals surface area contributed by atoms with Crippen LogP contribution < -0.4 is 10.2 Å². The van der Waals surface area contributed by atoms with Gasteiger partial charge in [0, 0.05) is 24.5 Å². The van der Waals surface area contributed by atoms with Crippen molar-refractivity contribution in [2.24, 2.45) is 0 Å². The van der Waals surface area contributed by atoms with Crippen molar-refractivity contribution in [1.29, 1.82) is 0 Å². The Morgan fingerprint density at radius 1 is 1.11 bits per heavy atom. The molecule has 0 spiro atoms. The van der Waals surface area contributed by atoms with Crippen LogP contribution in [0.15, 0.2) is 36.4 Å². The Hall–Kier alpha value is -2.54. The topological polar surface area (TPSA) is 35.6 Å². The number of hydrogen-bond acceptors (Lipinski definition) is 3. The average Bonchev–Trinajstić information content (AvgIpc) is 2.61. The van der Waals surface area contributed by atoms with Crippen LogP contribution in [0.1, 0.15) is 23.2 Å². The van der Waals surface area contributed by atoms with Crippen molar-refractivity contribution in [3.8, 4) is 0 Å². The lowest BCUT2D eigenvalue weighted by Gasteiger charge is -2.36. The average molecular weight is 377 g/mol. The largest absolute Gasteiger partial charge is 0.371 e. The number of carbonyl (C=O) groups is 1. The van der Waals surface area contributed by atoms with Crippen LogP contribution in [0.4, 0.5) is 24.5 Å². The van der Waals surface area contributed by atoms with Crippen LogP contribution >= 0.6 is 0 Å². The van der Waals surface area contributed by atoms with Crippen molar-refractivity contribution in [3.63, 3.8) is 0 Å². The summed E-state index contributed by atoms with van der Waals surface area (Å²) in [6.07, 6.45) is 1.90. The Labute approximate surface area is 156 Å². The number of halogens is 3. The lowest BCUT2D eigenvalue weighted by atomic mass is 10.0. The number of nitrogens with zero attached hydrogens (tertiary/aromatic N) is 2. The van der Waals surface area contributed by atoms with Gasteiger partial charge in [-0.05, 0) is 63.3 Å². The van der Waals surface area contributed by atoms with Gasteiger partial charge in [-0.3, -0.25) is 4.79 Å². The quantitative estimate of drug-likeness (QED) is 0.878. The third-order valence-electron chi connectivity index (χ3n) is 4.97. The lowest BCUT2D eigenvalue weighted by molar-refractivity contribution is 0.101. The van der Waals surface area contributed by atoms with E-state index in [0.717, 1.165) is 44.1 Å². The van der Waals surface area contributed by atoms with Gasteiger partial charge in [0.05, 0.1) is 0 Å². The van der Waals surface area contributed by atoms with Gasteiger partial charge in [-0.1, -0.05) is 6.07 Å². The predicted octanol–water partition coefficient (Wildman–Crippen LogP) is 3.89. The third kappa shape index (κ3) is 4.42. The Bertz CT molecular complexity index is 815. The molecular weight excluding hydrogens is 355 g/mol. The summed E-state index contributed by atoms with van der Waals surface area (Å²) in [5.41, 5.74) is 0.0678. The molecule has 7 heteroatoms. The number of likely N-dealkylation sites (tertiary alicyclic amines) is 1. The van der Waals surface area contributed by atoms with Gasteiger partial charge in [0.15, 0.2) is 0 Å². The summed E-state index contributed by atoms with van der Waals surface area (Å²) in [4.78, 5) is 16.5. The van der Waals surface area contributed by atoms with E-state index >= 15 is 0 Å². The zero-order chi connectivity index (χ0) is 19.6. The van der Waals surface area contributed by atoms with E-state index in [0.29, 0.717) is 5.69 Å². The Balaban J connectivity index is 1.80. The number of rotatable bonds is 4. The first kappa shape index (κ1) is 19.2. The van der Waals surface area contributed by atoms with Gasteiger partial charge in [-0.25, -0.2) is 13.2 Å². The van der Waals surface area contributed by atoms with Crippen molar-refractivity contribution in [2.45, 2.75) is 18.9 Å². The van der Waals surface area contributed by atoms with E-state index in [9.17, 15) is 18.0 Å². The molecule has 1 aliphatic heterocycles. The molecule has 0 atom stereocenters. The number of carbonyl (C=O) groups excluding carboxylic acids is 1. The number of amides is 1. The molecular formula is C20H22F3N3O. The fourth-order valence-corrected chi connectivity index (χ4v) is 3.35. The summed E-state index contributed by atoms with van der Waals surface area (Å²) in [5.74, 6) is -3.42. The molecule has 1 saturated heterocycles. The summed E-state index contributed by atoms with van der Waals surface area (Å²) in [5, 5.41) is 2.39. The first-order chi connectivity index (χ1) is 12.8. The maximum atomic E-state index is 14.1. The molecule has 2 aromatic carbocycles. The predicted molar refractivity (Wildman–Crippen MR) is 99.6 cm³/mol. The monoisotopic (exact) mass is 377 g/mol. The fraction of sp³-hybridized carbons (Fsp3) is 0.350. The van der Waals surface area contributed by atoms with E-state index < -0.39 is 28.9 Å². The van der Waals surface area contributed by atoms with Crippen molar-refractivity contribution in [3.05, 3.63) is 59.4 Å². The van der Waals surface area contributed by atoms with Gasteiger partial charge in [-0.2, -0.15) is 0 Å². The second-order valence-electron chi connectivity index (χ2n) is 6.89. The Morgan fingerprint density at radius 2 is 1.74 bits per heavy atom. The second-order valence-corrected chi connectivity index (χ2v) is 6.89. The van der Waals surface area contributed by atoms with Gasteiger partial charge >= 0.3 is 0 Å². The summed E-state index contributed by atoms with van der Waals surface area (Å²) < 4.78 is 41.6. The van der Waals surface area contributed by atoms with Crippen LogP contribution in [-0.4, -0.2) is 44.0 Å². The van der Waals surface area contributed by atoms with Gasteiger partial charge < -0.3 is 15.1 Å². The molecule has 0 saturated carbocycles. The zero-order valence-corrected chi connectivity index (χ0v) is 15.3. The normalized spacial score (nSPS) is 15.6. The standard InChI is InChI=1S/C20H22F3N3O/c1-25-8-6-15(7-9-25)26(2)16-11-13(21)10-14(12-16)24-20(27)19-17(22)4-3-5-18(19)23/h3-5,10-12,15H,6-9H2,1-2H3,(H,24,27). The minimum absolute atomic E-state index is 0.150. The molecule has 3 rings (SSSR count). The van der Waals surface area contributed by atoms with Crippen molar-refractivity contribution in [2.75, 3.05) is 37.4 Å². The van der Waals surface area contributed by atoms with Crippen LogP contribution in [0, 0.1) is 17.5 Å². The maximum Gasteiger partial charge on any atom is 0.261 e. The van der Waals surface area contributed by atoms with E-state index in [4.69, 9.17) is 0 Å². The molecule has 0 aromatic heterocycles. The molecule has 2 aromatic rings. The zero-order valence-electron chi connectivity index (χ0n) is 15.3. The van der Waals surface area contributed by atoms with E-state index in [1.165, 1.54) is 12.1 Å². The highest BCUT2D eigenvalue weighted by molar-refractivity contribution is 6.04. The van der Waals surface area contributed by atoms with E-state index in [1.807, 2.05) is 11.9 Å². The van der Waals surface area contributed by atoms with E-state index in [1.54, 1.807) is 6.07 Å². The van der Waals surface area contributed by atoms with Crippen LogP contribution in [0.3, 0.4) is 0 Å². The fourth-order valence-electron chi connectivity index (χ4n) is 3.35. The van der Waals surface area contributed by atoms with Gasteiger partial charge in [0.25, 0.3) is 5.91 Å². The van der Waals surface area contributed by atoms with Crippen LogP contribution in [0.25, 0.3) is 0 Å². The first-order valence-corrected chi connectivity index (χ1v) is 8.82. The molecule has 0 bridgehead atoms. The summed E-state index contributed by atoms with van der Waals surface area (Å²) in [6.45, 7) is 1.92. The Morgan fingerprint density at radius 3 is 2.37 bits per heavy atom. The van der Waals surface area contributed by atoms with Crippen LogP contribution in [0.2, 0.25) is 0 Å². The highest BCUT2D eigenvalue weighted by Gasteiger charge is 2.22. The maximum absolute atomic E-state index is 14.1. The molecule has 0 unspecified atom stereocenters. The van der Waals surface area contributed by atoms with E-state index in [2.05, 4.69) is 17.3 Å². The number of benzene rings is 2. The molecule has 1 fully saturated rings. The second kappa shape index (κ2) is 8.00. The molecule has 0 radical (unpaired) electrons. The summed E-state index contributed by atoms with van der Waals surface area (Å²) in [6, 6.07) is 7.57. The highest BCUT2D eigenvalue weighted by Crippen LogP contribution is 2.26. The third-order valence-corrected chi connectivity index (χ3v) is 4.97. The number of anilines is 2. The van der Waals surface area contributed by atoms with Crippen molar-refractivity contribution < 1.29 is 18.0 Å². The SMILES string of the molecule is CN1CCC(N(C)c2cc(F)cc(NC(=O)c3c(F)cccc3F)c2)CC1.